The van der Waals surface area contributed by atoms with Crippen LogP contribution in [0.5, 0.6) is 0 Å². The Kier molecular flexibility index (Phi) is 7.03. The molecule has 0 fully saturated rings. The van der Waals surface area contributed by atoms with Gasteiger partial charge in [0.05, 0.1) is 17.1 Å². The highest BCUT2D eigenvalue weighted by molar-refractivity contribution is 7.80. The zero-order valence-corrected chi connectivity index (χ0v) is 19.8. The number of thiophene rings is 1. The molecule has 1 aliphatic rings. The molecule has 1 aromatic carbocycles. The molecule has 1 amide bonds. The van der Waals surface area contributed by atoms with Crippen molar-refractivity contribution in [2.75, 3.05) is 11.9 Å². The van der Waals surface area contributed by atoms with Crippen LogP contribution in [0.25, 0.3) is 11.3 Å². The van der Waals surface area contributed by atoms with Gasteiger partial charge < -0.3 is 14.5 Å². The molecule has 176 valence electrons. The fourth-order valence-electron chi connectivity index (χ4n) is 3.76. The molecule has 0 unspecified atom stereocenters. The number of carbonyl (C=O) groups excluding carboxylic acids is 2. The Morgan fingerprint density at radius 1 is 1.24 bits per heavy atom. The van der Waals surface area contributed by atoms with Gasteiger partial charge in [0.1, 0.15) is 10.8 Å². The van der Waals surface area contributed by atoms with E-state index in [1.54, 1.807) is 19.1 Å². The number of nitrogens with zero attached hydrogens (tertiary/aromatic N) is 1. The predicted molar refractivity (Wildman–Crippen MR) is 131 cm³/mol. The van der Waals surface area contributed by atoms with E-state index in [9.17, 15) is 19.7 Å². The SMILES string of the molecule is CCOC(=O)c1c(NC(=S)NC(=O)c2ccc(-c3cccc([N+](=O)[O-])c3)o2)sc2c1CCCC2. The zero-order chi connectivity index (χ0) is 24.2. The van der Waals surface area contributed by atoms with Crippen molar-refractivity contribution in [1.82, 2.24) is 5.32 Å². The number of nitrogens with one attached hydrogen (secondary N) is 2. The Morgan fingerprint density at radius 2 is 2.03 bits per heavy atom. The molecule has 9 nitrogen and oxygen atoms in total. The highest BCUT2D eigenvalue weighted by Gasteiger charge is 2.27. The van der Waals surface area contributed by atoms with E-state index in [0.29, 0.717) is 21.9 Å². The summed E-state index contributed by atoms with van der Waals surface area (Å²) in [5, 5.41) is 17.1. The highest BCUT2D eigenvalue weighted by atomic mass is 32.1. The van der Waals surface area contributed by atoms with E-state index >= 15 is 0 Å². The fourth-order valence-corrected chi connectivity index (χ4v) is 5.30. The second kappa shape index (κ2) is 10.1. The molecule has 4 rings (SSSR count). The van der Waals surface area contributed by atoms with Crippen LogP contribution in [0.2, 0.25) is 0 Å². The van der Waals surface area contributed by atoms with E-state index in [0.717, 1.165) is 36.1 Å². The second-order valence-corrected chi connectivity index (χ2v) is 9.03. The number of hydrogen-bond acceptors (Lipinski definition) is 8. The molecule has 2 aromatic heterocycles. The third kappa shape index (κ3) is 5.00. The number of amides is 1. The normalized spacial score (nSPS) is 12.5. The summed E-state index contributed by atoms with van der Waals surface area (Å²) >= 11 is 6.75. The highest BCUT2D eigenvalue weighted by Crippen LogP contribution is 2.38. The number of ether oxygens (including phenoxy) is 1. The molecular formula is C23H21N3O6S2. The first-order valence-corrected chi connectivity index (χ1v) is 11.9. The number of benzene rings is 1. The standard InChI is InChI=1S/C23H21N3O6S2/c1-2-31-22(28)19-15-8-3-4-9-18(15)34-21(19)25-23(33)24-20(27)17-11-10-16(32-17)13-6-5-7-14(12-13)26(29)30/h5-7,10-12H,2-4,8-9H2,1H3,(H2,24,25,27,33). The lowest BCUT2D eigenvalue weighted by atomic mass is 9.95. The van der Waals surface area contributed by atoms with Gasteiger partial charge in [0.15, 0.2) is 10.9 Å². The van der Waals surface area contributed by atoms with Crippen molar-refractivity contribution in [3.05, 3.63) is 68.3 Å². The Morgan fingerprint density at radius 3 is 2.79 bits per heavy atom. The topological polar surface area (TPSA) is 124 Å². The van der Waals surface area contributed by atoms with Crippen molar-refractivity contribution in [3.63, 3.8) is 0 Å². The summed E-state index contributed by atoms with van der Waals surface area (Å²) in [4.78, 5) is 36.9. The Hall–Kier alpha value is -3.57. The number of anilines is 1. The molecule has 2 N–H and O–H groups in total. The maximum absolute atomic E-state index is 12.7. The first-order chi connectivity index (χ1) is 16.4. The molecular weight excluding hydrogens is 478 g/mol. The summed E-state index contributed by atoms with van der Waals surface area (Å²) in [5.74, 6) is -0.704. The lowest BCUT2D eigenvalue weighted by Gasteiger charge is -2.12. The largest absolute Gasteiger partial charge is 0.462 e. The average molecular weight is 500 g/mol. The van der Waals surface area contributed by atoms with Crippen molar-refractivity contribution in [2.45, 2.75) is 32.6 Å². The molecule has 0 aliphatic heterocycles. The number of aryl methyl sites for hydroxylation is 1. The monoisotopic (exact) mass is 499 g/mol. The number of hydrogen-bond donors (Lipinski definition) is 2. The number of furan rings is 1. The predicted octanol–water partition coefficient (Wildman–Crippen LogP) is 5.10. The quantitative estimate of drug-likeness (QED) is 0.208. The van der Waals surface area contributed by atoms with E-state index in [1.165, 1.54) is 35.6 Å². The minimum absolute atomic E-state index is 0.0123. The van der Waals surface area contributed by atoms with Crippen LogP contribution in [0.1, 0.15) is 51.1 Å². The van der Waals surface area contributed by atoms with Crippen LogP contribution in [-0.2, 0) is 17.6 Å². The molecule has 0 bridgehead atoms. The van der Waals surface area contributed by atoms with Gasteiger partial charge in [-0.2, -0.15) is 0 Å². The summed E-state index contributed by atoms with van der Waals surface area (Å²) in [6.07, 6.45) is 3.75. The van der Waals surface area contributed by atoms with Crippen molar-refractivity contribution >= 4 is 51.2 Å². The first-order valence-electron chi connectivity index (χ1n) is 10.7. The molecule has 2 heterocycles. The fraction of sp³-hybridized carbons (Fsp3) is 0.261. The summed E-state index contributed by atoms with van der Waals surface area (Å²) in [6, 6.07) is 8.93. The number of non-ortho nitro benzene ring substituents is 1. The molecule has 0 radical (unpaired) electrons. The van der Waals surface area contributed by atoms with Crippen LogP contribution in [0.3, 0.4) is 0 Å². The van der Waals surface area contributed by atoms with Crippen LogP contribution in [-0.4, -0.2) is 28.5 Å². The van der Waals surface area contributed by atoms with Gasteiger partial charge in [0, 0.05) is 22.6 Å². The van der Waals surface area contributed by atoms with Gasteiger partial charge in [-0.15, -0.1) is 11.3 Å². The minimum Gasteiger partial charge on any atom is -0.462 e. The number of nitro benzene ring substituents is 1. The Bertz CT molecular complexity index is 1280. The van der Waals surface area contributed by atoms with E-state index in [1.807, 2.05) is 0 Å². The Labute approximate surface area is 204 Å². The van der Waals surface area contributed by atoms with Crippen LogP contribution >= 0.6 is 23.6 Å². The Balaban J connectivity index is 1.48. The third-order valence-electron chi connectivity index (χ3n) is 5.28. The number of esters is 1. The number of carbonyl (C=O) groups is 2. The minimum atomic E-state index is -0.590. The number of nitro groups is 1. The smallest absolute Gasteiger partial charge is 0.341 e. The third-order valence-corrected chi connectivity index (χ3v) is 6.69. The zero-order valence-electron chi connectivity index (χ0n) is 18.2. The molecule has 0 saturated heterocycles. The molecule has 3 aromatic rings. The molecule has 1 aliphatic carbocycles. The van der Waals surface area contributed by atoms with Crippen LogP contribution < -0.4 is 10.6 Å². The molecule has 0 spiro atoms. The van der Waals surface area contributed by atoms with E-state index < -0.39 is 16.8 Å². The van der Waals surface area contributed by atoms with E-state index in [2.05, 4.69) is 10.6 Å². The maximum atomic E-state index is 12.7. The summed E-state index contributed by atoms with van der Waals surface area (Å²) in [5.41, 5.74) is 1.85. The first kappa shape index (κ1) is 23.6. The van der Waals surface area contributed by atoms with Gasteiger partial charge in [-0.05, 0) is 62.5 Å². The van der Waals surface area contributed by atoms with Gasteiger partial charge in [-0.1, -0.05) is 12.1 Å². The van der Waals surface area contributed by atoms with E-state index in [4.69, 9.17) is 21.4 Å². The van der Waals surface area contributed by atoms with Crippen molar-refractivity contribution in [3.8, 4) is 11.3 Å². The van der Waals surface area contributed by atoms with Gasteiger partial charge in [0.2, 0.25) is 0 Å². The van der Waals surface area contributed by atoms with Crippen LogP contribution in [0.4, 0.5) is 10.7 Å². The summed E-state index contributed by atoms with van der Waals surface area (Å²) in [7, 11) is 0. The molecule has 0 saturated carbocycles. The average Bonchev–Trinajstić information content (AvgIpc) is 3.44. The van der Waals surface area contributed by atoms with Crippen LogP contribution in [0.15, 0.2) is 40.8 Å². The molecule has 0 atom stereocenters. The van der Waals surface area contributed by atoms with Crippen molar-refractivity contribution < 1.29 is 23.7 Å². The summed E-state index contributed by atoms with van der Waals surface area (Å²) < 4.78 is 10.8. The van der Waals surface area contributed by atoms with Gasteiger partial charge >= 0.3 is 5.97 Å². The lowest BCUT2D eigenvalue weighted by molar-refractivity contribution is -0.384. The van der Waals surface area contributed by atoms with Gasteiger partial charge in [-0.25, -0.2) is 4.79 Å². The van der Waals surface area contributed by atoms with E-state index in [-0.39, 0.29) is 23.2 Å². The van der Waals surface area contributed by atoms with Gasteiger partial charge in [0.25, 0.3) is 11.6 Å². The molecule has 11 heteroatoms. The lowest BCUT2D eigenvalue weighted by Crippen LogP contribution is -2.34. The second-order valence-electron chi connectivity index (χ2n) is 7.52. The molecule has 34 heavy (non-hydrogen) atoms. The number of fused-ring (bicyclic) bond motifs is 1. The van der Waals surface area contributed by atoms with Gasteiger partial charge in [-0.3, -0.25) is 20.2 Å². The number of thiocarbonyl (C=S) groups is 1. The van der Waals surface area contributed by atoms with Crippen molar-refractivity contribution in [1.29, 1.82) is 0 Å². The summed E-state index contributed by atoms with van der Waals surface area (Å²) in [6.45, 7) is 2.01. The van der Waals surface area contributed by atoms with Crippen molar-refractivity contribution in [2.24, 2.45) is 0 Å². The van der Waals surface area contributed by atoms with Crippen LogP contribution in [0, 0.1) is 10.1 Å². The number of rotatable bonds is 6. The maximum Gasteiger partial charge on any atom is 0.341 e.